The first-order chi connectivity index (χ1) is 12.5. The van der Waals surface area contributed by atoms with Crippen LogP contribution < -0.4 is 10.6 Å². The topological polar surface area (TPSA) is 97.9 Å². The summed E-state index contributed by atoms with van der Waals surface area (Å²) in [5.74, 6) is 1.25. The number of pyridine rings is 1. The predicted octanol–water partition coefficient (Wildman–Crippen LogP) is 3.99. The Balaban J connectivity index is 1.82. The van der Waals surface area contributed by atoms with Crippen molar-refractivity contribution < 1.29 is 4.92 Å². The van der Waals surface area contributed by atoms with Gasteiger partial charge < -0.3 is 15.2 Å². The van der Waals surface area contributed by atoms with Crippen molar-refractivity contribution in [1.29, 1.82) is 0 Å². The predicted molar refractivity (Wildman–Crippen MR) is 101 cm³/mol. The summed E-state index contributed by atoms with van der Waals surface area (Å²) in [5, 5.41) is 17.5. The van der Waals surface area contributed by atoms with Gasteiger partial charge >= 0.3 is 5.69 Å². The number of anilines is 3. The number of aromatic nitrogens is 3. The molecule has 0 amide bonds. The van der Waals surface area contributed by atoms with Crippen LogP contribution in [-0.2, 0) is 0 Å². The number of nitrogens with one attached hydrogen (secondary N) is 2. The molecule has 0 aliphatic carbocycles. The molecule has 0 unspecified atom stereocenters. The average Bonchev–Trinajstić information content (AvgIpc) is 3.15. The van der Waals surface area contributed by atoms with Crippen LogP contribution in [0.4, 0.5) is 23.0 Å². The number of rotatable bonds is 7. The molecule has 2 heterocycles. The highest BCUT2D eigenvalue weighted by Crippen LogP contribution is 2.27. The molecule has 26 heavy (non-hydrogen) atoms. The average molecular weight is 352 g/mol. The van der Waals surface area contributed by atoms with Crippen molar-refractivity contribution in [2.75, 3.05) is 17.2 Å². The summed E-state index contributed by atoms with van der Waals surface area (Å²) in [6.45, 7) is 4.91. The molecule has 2 N–H and O–H groups in total. The van der Waals surface area contributed by atoms with Crippen LogP contribution in [0.1, 0.15) is 13.8 Å². The fraction of sp³-hybridized carbons (Fsp3) is 0.222. The van der Waals surface area contributed by atoms with Crippen molar-refractivity contribution in [2.24, 2.45) is 5.92 Å². The van der Waals surface area contributed by atoms with E-state index in [2.05, 4.69) is 34.4 Å². The quantitative estimate of drug-likeness (QED) is 0.493. The molecule has 0 aliphatic heterocycles. The minimum atomic E-state index is -0.443. The van der Waals surface area contributed by atoms with Crippen molar-refractivity contribution in [3.05, 3.63) is 65.2 Å². The lowest BCUT2D eigenvalue weighted by atomic mass is 10.2. The molecule has 8 heteroatoms. The summed E-state index contributed by atoms with van der Waals surface area (Å²) in [6.07, 6.45) is 5.26. The van der Waals surface area contributed by atoms with Crippen molar-refractivity contribution in [3.63, 3.8) is 0 Å². The minimum Gasteiger partial charge on any atom is -0.370 e. The molecule has 3 aromatic rings. The Morgan fingerprint density at radius 2 is 1.96 bits per heavy atom. The molecule has 0 spiro atoms. The van der Waals surface area contributed by atoms with Crippen LogP contribution in [-0.4, -0.2) is 26.0 Å². The molecule has 0 aliphatic rings. The maximum atomic E-state index is 11.3. The van der Waals surface area contributed by atoms with Crippen molar-refractivity contribution in [2.45, 2.75) is 13.8 Å². The second kappa shape index (κ2) is 7.64. The number of hydrogen-bond donors (Lipinski definition) is 2. The van der Waals surface area contributed by atoms with E-state index in [1.807, 2.05) is 35.0 Å². The molecule has 0 saturated carbocycles. The smallest absolute Gasteiger partial charge is 0.311 e. The highest BCUT2D eigenvalue weighted by molar-refractivity contribution is 5.68. The Hall–Kier alpha value is -3.42. The minimum absolute atomic E-state index is 0.0706. The fourth-order valence-electron chi connectivity index (χ4n) is 2.36. The Morgan fingerprint density at radius 1 is 1.19 bits per heavy atom. The number of benzene rings is 1. The standard InChI is InChI=1S/C18H20N6O2/c1-13(2)11-20-17-8-7-16(24(25)26)18(22-17)21-14-3-5-15(6-4-14)23-10-9-19-12-23/h3-10,12-13H,11H2,1-2H3,(H2,20,21,22). The monoisotopic (exact) mass is 352 g/mol. The van der Waals surface area contributed by atoms with Crippen LogP contribution in [0.15, 0.2) is 55.1 Å². The Labute approximate surface area is 151 Å². The number of nitrogens with zero attached hydrogens (tertiary/aromatic N) is 4. The molecule has 134 valence electrons. The summed E-state index contributed by atoms with van der Waals surface area (Å²) < 4.78 is 1.88. The van der Waals surface area contributed by atoms with E-state index in [0.29, 0.717) is 17.4 Å². The third kappa shape index (κ3) is 4.15. The third-order valence-corrected chi connectivity index (χ3v) is 3.69. The first-order valence-electron chi connectivity index (χ1n) is 8.27. The molecular formula is C18H20N6O2. The fourth-order valence-corrected chi connectivity index (χ4v) is 2.36. The van der Waals surface area contributed by atoms with Crippen LogP contribution in [0, 0.1) is 16.0 Å². The lowest BCUT2D eigenvalue weighted by Gasteiger charge is -2.11. The summed E-state index contributed by atoms with van der Waals surface area (Å²) in [4.78, 5) is 19.2. The van der Waals surface area contributed by atoms with Crippen LogP contribution in [0.25, 0.3) is 5.69 Å². The van der Waals surface area contributed by atoms with E-state index in [0.717, 1.165) is 12.2 Å². The van der Waals surface area contributed by atoms with Crippen molar-refractivity contribution in [1.82, 2.24) is 14.5 Å². The van der Waals surface area contributed by atoms with E-state index in [1.165, 1.54) is 6.07 Å². The highest BCUT2D eigenvalue weighted by atomic mass is 16.6. The van der Waals surface area contributed by atoms with Gasteiger partial charge in [-0.15, -0.1) is 0 Å². The van der Waals surface area contributed by atoms with Gasteiger partial charge in [-0.1, -0.05) is 13.8 Å². The van der Waals surface area contributed by atoms with Gasteiger partial charge in [0.15, 0.2) is 0 Å². The summed E-state index contributed by atoms with van der Waals surface area (Å²) >= 11 is 0. The maximum Gasteiger partial charge on any atom is 0.311 e. The van der Waals surface area contributed by atoms with Crippen molar-refractivity contribution >= 4 is 23.0 Å². The number of hydrogen-bond acceptors (Lipinski definition) is 6. The van der Waals surface area contributed by atoms with E-state index in [9.17, 15) is 10.1 Å². The van der Waals surface area contributed by atoms with Gasteiger partial charge in [-0.05, 0) is 36.2 Å². The van der Waals surface area contributed by atoms with Gasteiger partial charge in [0.25, 0.3) is 0 Å². The van der Waals surface area contributed by atoms with Crippen LogP contribution in [0.5, 0.6) is 0 Å². The Morgan fingerprint density at radius 3 is 2.58 bits per heavy atom. The SMILES string of the molecule is CC(C)CNc1ccc([N+](=O)[O-])c(Nc2ccc(-n3ccnc3)cc2)n1. The molecule has 0 radical (unpaired) electrons. The largest absolute Gasteiger partial charge is 0.370 e. The van der Waals surface area contributed by atoms with Crippen LogP contribution >= 0.6 is 0 Å². The molecular weight excluding hydrogens is 332 g/mol. The highest BCUT2D eigenvalue weighted by Gasteiger charge is 2.16. The Bertz CT molecular complexity index is 875. The molecule has 0 fully saturated rings. The first-order valence-corrected chi connectivity index (χ1v) is 8.27. The van der Waals surface area contributed by atoms with E-state index >= 15 is 0 Å². The third-order valence-electron chi connectivity index (χ3n) is 3.69. The lowest BCUT2D eigenvalue weighted by Crippen LogP contribution is -2.10. The van der Waals surface area contributed by atoms with Gasteiger partial charge in [0.1, 0.15) is 5.82 Å². The normalized spacial score (nSPS) is 10.7. The Kier molecular flexibility index (Phi) is 5.12. The van der Waals surface area contributed by atoms with Gasteiger partial charge in [0, 0.05) is 36.4 Å². The van der Waals surface area contributed by atoms with Crippen molar-refractivity contribution in [3.8, 4) is 5.69 Å². The molecule has 0 bridgehead atoms. The van der Waals surface area contributed by atoms with Gasteiger partial charge in [0.2, 0.25) is 5.82 Å². The van der Waals surface area contributed by atoms with Crippen LogP contribution in [0.3, 0.4) is 0 Å². The second-order valence-electron chi connectivity index (χ2n) is 6.24. The summed E-state index contributed by atoms with van der Waals surface area (Å²) in [7, 11) is 0. The summed E-state index contributed by atoms with van der Waals surface area (Å²) in [6, 6.07) is 10.6. The van der Waals surface area contributed by atoms with E-state index in [1.54, 1.807) is 18.6 Å². The van der Waals surface area contributed by atoms with Gasteiger partial charge in [-0.2, -0.15) is 0 Å². The van der Waals surface area contributed by atoms with Gasteiger partial charge in [-0.25, -0.2) is 9.97 Å². The van der Waals surface area contributed by atoms with E-state index < -0.39 is 4.92 Å². The molecule has 8 nitrogen and oxygen atoms in total. The zero-order valence-electron chi connectivity index (χ0n) is 14.6. The molecule has 0 atom stereocenters. The van der Waals surface area contributed by atoms with Gasteiger partial charge in [-0.3, -0.25) is 10.1 Å². The first kappa shape index (κ1) is 17.4. The molecule has 1 aromatic carbocycles. The maximum absolute atomic E-state index is 11.3. The number of nitro groups is 1. The summed E-state index contributed by atoms with van der Waals surface area (Å²) in [5.41, 5.74) is 1.59. The zero-order valence-corrected chi connectivity index (χ0v) is 14.6. The van der Waals surface area contributed by atoms with E-state index in [-0.39, 0.29) is 11.5 Å². The molecule has 2 aromatic heterocycles. The lowest BCUT2D eigenvalue weighted by molar-refractivity contribution is -0.384. The number of imidazole rings is 1. The van der Waals surface area contributed by atoms with Gasteiger partial charge in [0.05, 0.1) is 11.3 Å². The zero-order chi connectivity index (χ0) is 18.5. The second-order valence-corrected chi connectivity index (χ2v) is 6.24. The molecule has 0 saturated heterocycles. The molecule has 3 rings (SSSR count). The van der Waals surface area contributed by atoms with E-state index in [4.69, 9.17) is 0 Å². The van der Waals surface area contributed by atoms with Crippen LogP contribution in [0.2, 0.25) is 0 Å².